The lowest BCUT2D eigenvalue weighted by molar-refractivity contribution is 1.48. The molecule has 1 N–H and O–H groups in total. The van der Waals surface area contributed by atoms with Gasteiger partial charge in [-0.05, 0) is 23.8 Å². The Kier molecular flexibility index (Phi) is 2.19. The average Bonchev–Trinajstić information content (AvgIpc) is 2.77. The maximum absolute atomic E-state index is 6.22. The van der Waals surface area contributed by atoms with Crippen LogP contribution in [0.5, 0.6) is 0 Å². The zero-order chi connectivity index (χ0) is 11.0. The molecule has 0 saturated carbocycles. The van der Waals surface area contributed by atoms with Gasteiger partial charge in [0.25, 0.3) is 0 Å². The Bertz CT molecular complexity index is 640. The topological polar surface area (TPSA) is 15.8 Å². The Morgan fingerprint density at radius 2 is 1.62 bits per heavy atom. The second-order valence-electron chi connectivity index (χ2n) is 3.72. The first-order valence-electron chi connectivity index (χ1n) is 5.17. The van der Waals surface area contributed by atoms with Gasteiger partial charge < -0.3 is 4.98 Å². The number of halogens is 1. The van der Waals surface area contributed by atoms with E-state index < -0.39 is 0 Å². The lowest BCUT2D eigenvalue weighted by Gasteiger charge is -2.05. The average molecular weight is 228 g/mol. The van der Waals surface area contributed by atoms with E-state index in [1.807, 2.05) is 36.5 Å². The summed E-state index contributed by atoms with van der Waals surface area (Å²) in [4.78, 5) is 3.21. The summed E-state index contributed by atoms with van der Waals surface area (Å²) in [6.45, 7) is 0. The molecular weight excluding hydrogens is 218 g/mol. The molecule has 1 heterocycles. The fourth-order valence-electron chi connectivity index (χ4n) is 2.00. The summed E-state index contributed by atoms with van der Waals surface area (Å²) in [7, 11) is 0. The third kappa shape index (κ3) is 1.41. The number of nitrogens with one attached hydrogen (secondary N) is 1. The van der Waals surface area contributed by atoms with Crippen molar-refractivity contribution in [1.82, 2.24) is 4.98 Å². The minimum Gasteiger partial charge on any atom is -0.361 e. The molecule has 0 aliphatic rings. The van der Waals surface area contributed by atoms with Gasteiger partial charge in [0, 0.05) is 27.7 Å². The van der Waals surface area contributed by atoms with Crippen molar-refractivity contribution in [1.29, 1.82) is 0 Å². The molecule has 3 rings (SSSR count). The van der Waals surface area contributed by atoms with Gasteiger partial charge in [0.15, 0.2) is 0 Å². The third-order valence-corrected chi connectivity index (χ3v) is 3.09. The van der Waals surface area contributed by atoms with Crippen molar-refractivity contribution in [2.45, 2.75) is 0 Å². The van der Waals surface area contributed by atoms with Gasteiger partial charge >= 0.3 is 0 Å². The minimum absolute atomic E-state index is 0.788. The summed E-state index contributed by atoms with van der Waals surface area (Å²) in [5, 5.41) is 1.99. The number of aromatic amines is 1. The van der Waals surface area contributed by atoms with E-state index in [1.54, 1.807) is 0 Å². The minimum atomic E-state index is 0.788. The summed E-state index contributed by atoms with van der Waals surface area (Å²) in [5.74, 6) is 0. The van der Waals surface area contributed by atoms with Gasteiger partial charge in [-0.1, -0.05) is 41.9 Å². The van der Waals surface area contributed by atoms with E-state index in [9.17, 15) is 0 Å². The summed E-state index contributed by atoms with van der Waals surface area (Å²) in [6.07, 6.45) is 1.95. The molecule has 0 aliphatic heterocycles. The van der Waals surface area contributed by atoms with Crippen LogP contribution in [-0.4, -0.2) is 4.98 Å². The molecule has 2 heteroatoms. The fraction of sp³-hybridized carbons (Fsp3) is 0. The van der Waals surface area contributed by atoms with E-state index in [2.05, 4.69) is 23.2 Å². The molecule has 0 amide bonds. The SMILES string of the molecule is Clc1ccccc1-c1cccc2[nH]ccc12. The van der Waals surface area contributed by atoms with Crippen molar-refractivity contribution in [2.75, 3.05) is 0 Å². The highest BCUT2D eigenvalue weighted by molar-refractivity contribution is 6.33. The number of hydrogen-bond donors (Lipinski definition) is 1. The number of benzene rings is 2. The van der Waals surface area contributed by atoms with Crippen LogP contribution >= 0.6 is 11.6 Å². The van der Waals surface area contributed by atoms with Gasteiger partial charge in [-0.25, -0.2) is 0 Å². The van der Waals surface area contributed by atoms with Crippen molar-refractivity contribution < 1.29 is 0 Å². The summed E-state index contributed by atoms with van der Waals surface area (Å²) in [5.41, 5.74) is 3.39. The maximum atomic E-state index is 6.22. The van der Waals surface area contributed by atoms with Crippen molar-refractivity contribution in [2.24, 2.45) is 0 Å². The van der Waals surface area contributed by atoms with Crippen molar-refractivity contribution in [3.63, 3.8) is 0 Å². The van der Waals surface area contributed by atoms with Gasteiger partial charge in [0.2, 0.25) is 0 Å². The Morgan fingerprint density at radius 3 is 2.50 bits per heavy atom. The molecule has 0 spiro atoms. The zero-order valence-electron chi connectivity index (χ0n) is 8.57. The van der Waals surface area contributed by atoms with Gasteiger partial charge in [0.05, 0.1) is 0 Å². The second-order valence-corrected chi connectivity index (χ2v) is 4.13. The molecule has 0 saturated heterocycles. The van der Waals surface area contributed by atoms with Crippen LogP contribution < -0.4 is 0 Å². The van der Waals surface area contributed by atoms with Crippen LogP contribution in [0.15, 0.2) is 54.7 Å². The summed E-state index contributed by atoms with van der Waals surface area (Å²) < 4.78 is 0. The lowest BCUT2D eigenvalue weighted by Crippen LogP contribution is -1.80. The summed E-state index contributed by atoms with van der Waals surface area (Å²) >= 11 is 6.22. The molecule has 0 fully saturated rings. The van der Waals surface area contributed by atoms with E-state index in [-0.39, 0.29) is 0 Å². The lowest BCUT2D eigenvalue weighted by atomic mass is 10.0. The number of H-pyrrole nitrogens is 1. The van der Waals surface area contributed by atoms with Crippen molar-refractivity contribution in [3.05, 3.63) is 59.8 Å². The summed E-state index contributed by atoms with van der Waals surface area (Å²) in [6, 6.07) is 16.2. The van der Waals surface area contributed by atoms with Gasteiger partial charge in [-0.3, -0.25) is 0 Å². The van der Waals surface area contributed by atoms with E-state index in [1.165, 1.54) is 10.9 Å². The molecule has 3 aromatic rings. The van der Waals surface area contributed by atoms with E-state index in [0.29, 0.717) is 0 Å². The van der Waals surface area contributed by atoms with Crippen molar-refractivity contribution in [3.8, 4) is 11.1 Å². The molecule has 0 atom stereocenters. The number of fused-ring (bicyclic) bond motifs is 1. The van der Waals surface area contributed by atoms with E-state index in [0.717, 1.165) is 16.1 Å². The standard InChI is InChI=1S/C14H10ClN/c15-13-6-2-1-4-11(13)10-5-3-7-14-12(10)8-9-16-14/h1-9,16H. The Morgan fingerprint density at radius 1 is 0.812 bits per heavy atom. The highest BCUT2D eigenvalue weighted by Gasteiger charge is 2.06. The Balaban J connectivity index is 2.34. The molecule has 0 aliphatic carbocycles. The van der Waals surface area contributed by atoms with Crippen LogP contribution in [0.3, 0.4) is 0 Å². The molecule has 0 bridgehead atoms. The second kappa shape index (κ2) is 3.69. The molecule has 0 radical (unpaired) electrons. The molecule has 78 valence electrons. The Hall–Kier alpha value is -1.73. The van der Waals surface area contributed by atoms with E-state index in [4.69, 9.17) is 11.6 Å². The molecule has 16 heavy (non-hydrogen) atoms. The van der Waals surface area contributed by atoms with Crippen LogP contribution in [0, 0.1) is 0 Å². The van der Waals surface area contributed by atoms with Crippen LogP contribution in [0.25, 0.3) is 22.0 Å². The number of rotatable bonds is 1. The van der Waals surface area contributed by atoms with Gasteiger partial charge in [0.1, 0.15) is 0 Å². The predicted octanol–water partition coefficient (Wildman–Crippen LogP) is 4.49. The fourth-order valence-corrected chi connectivity index (χ4v) is 2.24. The molecule has 2 aromatic carbocycles. The zero-order valence-corrected chi connectivity index (χ0v) is 9.33. The Labute approximate surface area is 98.7 Å². The largest absolute Gasteiger partial charge is 0.361 e. The monoisotopic (exact) mass is 227 g/mol. The first-order valence-corrected chi connectivity index (χ1v) is 5.55. The first kappa shape index (κ1) is 9.49. The van der Waals surface area contributed by atoms with Crippen LogP contribution in [-0.2, 0) is 0 Å². The smallest absolute Gasteiger partial charge is 0.0484 e. The number of aromatic nitrogens is 1. The highest BCUT2D eigenvalue weighted by Crippen LogP contribution is 2.32. The normalized spacial score (nSPS) is 10.8. The molecular formula is C14H10ClN. The highest BCUT2D eigenvalue weighted by atomic mass is 35.5. The molecule has 0 unspecified atom stereocenters. The third-order valence-electron chi connectivity index (χ3n) is 2.76. The van der Waals surface area contributed by atoms with Gasteiger partial charge in [-0.2, -0.15) is 0 Å². The first-order chi connectivity index (χ1) is 7.86. The van der Waals surface area contributed by atoms with Gasteiger partial charge in [-0.15, -0.1) is 0 Å². The maximum Gasteiger partial charge on any atom is 0.0484 e. The quantitative estimate of drug-likeness (QED) is 0.631. The molecule has 1 nitrogen and oxygen atoms in total. The number of hydrogen-bond acceptors (Lipinski definition) is 0. The van der Waals surface area contributed by atoms with Crippen molar-refractivity contribution >= 4 is 22.5 Å². The van der Waals surface area contributed by atoms with E-state index >= 15 is 0 Å². The van der Waals surface area contributed by atoms with Crippen LogP contribution in [0.1, 0.15) is 0 Å². The van der Waals surface area contributed by atoms with Crippen LogP contribution in [0.2, 0.25) is 5.02 Å². The predicted molar refractivity (Wildman–Crippen MR) is 68.7 cm³/mol. The van der Waals surface area contributed by atoms with Crippen LogP contribution in [0.4, 0.5) is 0 Å². The molecule has 1 aromatic heterocycles.